The average molecular weight is 364 g/mol. The van der Waals surface area contributed by atoms with Crippen LogP contribution in [0, 0.1) is 15.9 Å². The number of nitro groups is 1. The molecule has 0 bridgehead atoms. The van der Waals surface area contributed by atoms with Crippen LogP contribution in [0.15, 0.2) is 42.5 Å². The van der Waals surface area contributed by atoms with Crippen LogP contribution in [0.3, 0.4) is 0 Å². The molecule has 0 N–H and O–H groups in total. The van der Waals surface area contributed by atoms with E-state index in [1.54, 1.807) is 4.90 Å². The van der Waals surface area contributed by atoms with Crippen LogP contribution in [0.25, 0.3) is 0 Å². The van der Waals surface area contributed by atoms with Crippen LogP contribution in [0.4, 0.5) is 15.8 Å². The van der Waals surface area contributed by atoms with E-state index in [-0.39, 0.29) is 11.5 Å². The fourth-order valence-electron chi connectivity index (χ4n) is 2.83. The number of amides is 1. The molecule has 1 saturated heterocycles. The zero-order valence-electron chi connectivity index (χ0n) is 13.2. The smallest absolute Gasteiger partial charge is 0.305 e. The normalized spacial score (nSPS) is 14.5. The maximum atomic E-state index is 13.4. The van der Waals surface area contributed by atoms with Crippen LogP contribution >= 0.6 is 11.6 Å². The van der Waals surface area contributed by atoms with Gasteiger partial charge in [-0.05, 0) is 24.3 Å². The van der Waals surface area contributed by atoms with Gasteiger partial charge in [0.1, 0.15) is 0 Å². The highest BCUT2D eigenvalue weighted by Gasteiger charge is 2.25. The first-order valence-electron chi connectivity index (χ1n) is 7.70. The molecule has 1 aliphatic rings. The minimum absolute atomic E-state index is 0.110. The van der Waals surface area contributed by atoms with E-state index < -0.39 is 16.4 Å². The molecule has 1 amide bonds. The van der Waals surface area contributed by atoms with Gasteiger partial charge < -0.3 is 9.80 Å². The lowest BCUT2D eigenvalue weighted by molar-refractivity contribution is -0.387. The zero-order valence-corrected chi connectivity index (χ0v) is 13.9. The minimum Gasteiger partial charge on any atom is -0.367 e. The van der Waals surface area contributed by atoms with Crippen LogP contribution in [-0.2, 0) is 0 Å². The zero-order chi connectivity index (χ0) is 18.0. The van der Waals surface area contributed by atoms with Crippen LogP contribution in [-0.4, -0.2) is 41.9 Å². The van der Waals surface area contributed by atoms with E-state index in [1.807, 2.05) is 24.3 Å². The van der Waals surface area contributed by atoms with Gasteiger partial charge in [-0.3, -0.25) is 14.9 Å². The molecule has 0 aromatic heterocycles. The second-order valence-electron chi connectivity index (χ2n) is 5.65. The van der Waals surface area contributed by atoms with Crippen molar-refractivity contribution in [3.63, 3.8) is 0 Å². The third kappa shape index (κ3) is 3.56. The summed E-state index contributed by atoms with van der Waals surface area (Å²) < 4.78 is 13.4. The molecule has 0 aliphatic carbocycles. The number of anilines is 1. The molecule has 1 aliphatic heterocycles. The van der Waals surface area contributed by atoms with Gasteiger partial charge in [0.25, 0.3) is 5.91 Å². The highest BCUT2D eigenvalue weighted by Crippen LogP contribution is 2.26. The van der Waals surface area contributed by atoms with Crippen molar-refractivity contribution in [2.75, 3.05) is 31.1 Å². The molecule has 8 heteroatoms. The fraction of sp³-hybridized carbons (Fsp3) is 0.235. The molecule has 3 rings (SSSR count). The molecule has 25 heavy (non-hydrogen) atoms. The number of carbonyl (C=O) groups is 1. The summed E-state index contributed by atoms with van der Waals surface area (Å²) >= 11 is 6.19. The van der Waals surface area contributed by atoms with Crippen molar-refractivity contribution < 1.29 is 14.1 Å². The van der Waals surface area contributed by atoms with E-state index >= 15 is 0 Å². The molecular weight excluding hydrogens is 349 g/mol. The molecule has 0 saturated carbocycles. The van der Waals surface area contributed by atoms with Crippen LogP contribution in [0.1, 0.15) is 10.4 Å². The second kappa shape index (κ2) is 7.06. The lowest BCUT2D eigenvalue weighted by atomic mass is 10.1. The van der Waals surface area contributed by atoms with Gasteiger partial charge in [-0.2, -0.15) is 4.39 Å². The number of piperazine rings is 1. The van der Waals surface area contributed by atoms with Gasteiger partial charge in [-0.1, -0.05) is 23.7 Å². The first kappa shape index (κ1) is 17.2. The van der Waals surface area contributed by atoms with Gasteiger partial charge in [-0.25, -0.2) is 0 Å². The first-order valence-corrected chi connectivity index (χ1v) is 8.08. The summed E-state index contributed by atoms with van der Waals surface area (Å²) in [7, 11) is 0. The predicted octanol–water partition coefficient (Wildman–Crippen LogP) is 3.35. The summed E-state index contributed by atoms with van der Waals surface area (Å²) in [6.07, 6.45) is 0. The monoisotopic (exact) mass is 363 g/mol. The Morgan fingerprint density at radius 2 is 1.80 bits per heavy atom. The van der Waals surface area contributed by atoms with E-state index in [4.69, 9.17) is 11.6 Å². The van der Waals surface area contributed by atoms with E-state index in [2.05, 4.69) is 4.90 Å². The molecule has 6 nitrogen and oxygen atoms in total. The molecule has 2 aromatic carbocycles. The van der Waals surface area contributed by atoms with Crippen molar-refractivity contribution >= 4 is 28.9 Å². The fourth-order valence-corrected chi connectivity index (χ4v) is 3.08. The van der Waals surface area contributed by atoms with Gasteiger partial charge in [0.05, 0.1) is 15.6 Å². The van der Waals surface area contributed by atoms with Gasteiger partial charge in [0.2, 0.25) is 5.82 Å². The molecule has 1 heterocycles. The third-order valence-electron chi connectivity index (χ3n) is 4.15. The van der Waals surface area contributed by atoms with E-state index in [1.165, 1.54) is 6.07 Å². The maximum absolute atomic E-state index is 13.4. The van der Waals surface area contributed by atoms with Crippen LogP contribution in [0.5, 0.6) is 0 Å². The molecule has 130 valence electrons. The van der Waals surface area contributed by atoms with Crippen molar-refractivity contribution in [3.8, 4) is 0 Å². The van der Waals surface area contributed by atoms with Crippen molar-refractivity contribution in [2.24, 2.45) is 0 Å². The minimum atomic E-state index is -0.954. The van der Waals surface area contributed by atoms with Crippen molar-refractivity contribution in [2.45, 2.75) is 0 Å². The Kier molecular flexibility index (Phi) is 4.85. The van der Waals surface area contributed by atoms with E-state index in [0.717, 1.165) is 17.8 Å². The Morgan fingerprint density at radius 3 is 2.44 bits per heavy atom. The largest absolute Gasteiger partial charge is 0.367 e. The highest BCUT2D eigenvalue weighted by molar-refractivity contribution is 6.33. The number of carbonyl (C=O) groups excluding carboxylic acids is 1. The topological polar surface area (TPSA) is 66.7 Å². The number of halogens is 2. The third-order valence-corrected chi connectivity index (χ3v) is 4.47. The van der Waals surface area contributed by atoms with Gasteiger partial charge in [0, 0.05) is 37.8 Å². The Labute approximate surface area is 148 Å². The first-order chi connectivity index (χ1) is 12.0. The number of hydrogen-bond donors (Lipinski definition) is 0. The average Bonchev–Trinajstić information content (AvgIpc) is 2.62. The van der Waals surface area contributed by atoms with Gasteiger partial charge in [-0.15, -0.1) is 0 Å². The van der Waals surface area contributed by atoms with Crippen molar-refractivity contribution in [1.82, 2.24) is 4.90 Å². The Morgan fingerprint density at radius 1 is 1.12 bits per heavy atom. The highest BCUT2D eigenvalue weighted by atomic mass is 35.5. The molecule has 0 spiro atoms. The SMILES string of the molecule is O=C(c1ccc(F)c([N+](=O)[O-])c1)N1CCN(c2ccccc2Cl)CC1. The molecule has 0 radical (unpaired) electrons. The quantitative estimate of drug-likeness (QED) is 0.619. The summed E-state index contributed by atoms with van der Waals surface area (Å²) in [5.41, 5.74) is 0.327. The predicted molar refractivity (Wildman–Crippen MR) is 92.6 cm³/mol. The van der Waals surface area contributed by atoms with E-state index in [9.17, 15) is 19.3 Å². The van der Waals surface area contributed by atoms with Crippen LogP contribution < -0.4 is 4.90 Å². The number of nitrogens with zero attached hydrogens (tertiary/aromatic N) is 3. The molecule has 2 aromatic rings. The lowest BCUT2D eigenvalue weighted by Crippen LogP contribution is -2.48. The Bertz CT molecular complexity index is 823. The Balaban J connectivity index is 1.71. The summed E-state index contributed by atoms with van der Waals surface area (Å²) in [4.78, 5) is 26.2. The summed E-state index contributed by atoms with van der Waals surface area (Å²) in [6.45, 7) is 2.10. The van der Waals surface area contributed by atoms with Crippen molar-refractivity contribution in [3.05, 3.63) is 69.0 Å². The maximum Gasteiger partial charge on any atom is 0.305 e. The molecular formula is C17H15ClFN3O3. The summed E-state index contributed by atoms with van der Waals surface area (Å²) in [6, 6.07) is 10.7. The van der Waals surface area contributed by atoms with Gasteiger partial charge >= 0.3 is 5.69 Å². The number of nitro benzene ring substituents is 1. The van der Waals surface area contributed by atoms with Crippen LogP contribution in [0.2, 0.25) is 5.02 Å². The van der Waals surface area contributed by atoms with Gasteiger partial charge in [0.15, 0.2) is 0 Å². The Hall–Kier alpha value is -2.67. The van der Waals surface area contributed by atoms with Crippen molar-refractivity contribution in [1.29, 1.82) is 0 Å². The number of rotatable bonds is 3. The molecule has 1 fully saturated rings. The standard InChI is InChI=1S/C17H15ClFN3O3/c18-13-3-1-2-4-15(13)20-7-9-21(10-8-20)17(23)12-5-6-14(19)16(11-12)22(24)25/h1-6,11H,7-10H2. The van der Waals surface area contributed by atoms with E-state index in [0.29, 0.717) is 31.2 Å². The molecule has 0 atom stereocenters. The summed E-state index contributed by atoms with van der Waals surface area (Å²) in [5.74, 6) is -1.30. The molecule has 0 unspecified atom stereocenters. The number of hydrogen-bond acceptors (Lipinski definition) is 4. The second-order valence-corrected chi connectivity index (χ2v) is 6.06. The lowest BCUT2D eigenvalue weighted by Gasteiger charge is -2.36. The number of benzene rings is 2. The summed E-state index contributed by atoms with van der Waals surface area (Å²) in [5, 5.41) is 11.5. The number of para-hydroxylation sites is 1.